The lowest BCUT2D eigenvalue weighted by Crippen LogP contribution is -2.61. The third kappa shape index (κ3) is 5.96. The molecule has 4 N–H and O–H groups in total. The van der Waals surface area contributed by atoms with Gasteiger partial charge in [0.25, 0.3) is 5.91 Å². The summed E-state index contributed by atoms with van der Waals surface area (Å²) in [7, 11) is 1.18. The van der Waals surface area contributed by atoms with Gasteiger partial charge in [-0.3, -0.25) is 14.5 Å². The lowest BCUT2D eigenvalue weighted by atomic mass is 10.1. The van der Waals surface area contributed by atoms with Crippen molar-refractivity contribution < 1.29 is 41.8 Å². The minimum absolute atomic E-state index is 0.0114. The summed E-state index contributed by atoms with van der Waals surface area (Å²) in [6.45, 7) is -1.17. The van der Waals surface area contributed by atoms with E-state index in [9.17, 15) is 23.2 Å². The highest BCUT2D eigenvalue weighted by Crippen LogP contribution is 2.37. The molecule has 2 heterocycles. The Morgan fingerprint density at radius 2 is 1.95 bits per heavy atom. The molecular weight excluding hydrogens is 508 g/mol. The molecule has 0 bridgehead atoms. The summed E-state index contributed by atoms with van der Waals surface area (Å²) in [6.07, 6.45) is 1.26. The summed E-state index contributed by atoms with van der Waals surface area (Å²) >= 11 is 0. The molecule has 3 amide bonds. The number of primary amides is 1. The number of amides is 3. The van der Waals surface area contributed by atoms with Crippen LogP contribution in [0.15, 0.2) is 22.6 Å². The summed E-state index contributed by atoms with van der Waals surface area (Å²) in [4.78, 5) is 44.3. The lowest BCUT2D eigenvalue weighted by molar-refractivity contribution is -0.124. The lowest BCUT2D eigenvalue weighted by Gasteiger charge is -2.38. The largest absolute Gasteiger partial charge is 0.489 e. The fourth-order valence-corrected chi connectivity index (χ4v) is 4.05. The van der Waals surface area contributed by atoms with Gasteiger partial charge in [-0.2, -0.15) is 8.78 Å². The number of hydrogen-bond donors (Lipinski definition) is 2. The highest BCUT2D eigenvalue weighted by atomic mass is 19.3. The van der Waals surface area contributed by atoms with Crippen LogP contribution in [-0.2, 0) is 9.53 Å². The fourth-order valence-electron chi connectivity index (χ4n) is 4.05. The summed E-state index contributed by atoms with van der Waals surface area (Å²) in [5.74, 6) is -0.967. The van der Waals surface area contributed by atoms with Gasteiger partial charge in [-0.25, -0.2) is 9.78 Å². The SMILES string of the molecule is COC(=O)N1CCN(C(=O)c2nc(-c3ccc(OC(F)F)c(OCC4CC4)c3)oc2[C@H](C)N)CC1C(N)=O. The van der Waals surface area contributed by atoms with Crippen molar-refractivity contribution in [3.8, 4) is 23.0 Å². The molecule has 2 fully saturated rings. The van der Waals surface area contributed by atoms with Crippen LogP contribution in [0, 0.1) is 5.92 Å². The highest BCUT2D eigenvalue weighted by Gasteiger charge is 2.38. The van der Waals surface area contributed by atoms with E-state index in [-0.39, 0.29) is 48.5 Å². The van der Waals surface area contributed by atoms with Crippen LogP contribution in [0.3, 0.4) is 0 Å². The van der Waals surface area contributed by atoms with Crippen molar-refractivity contribution in [1.82, 2.24) is 14.8 Å². The maximum absolute atomic E-state index is 13.4. The number of carbonyl (C=O) groups excluding carboxylic acids is 3. The van der Waals surface area contributed by atoms with E-state index in [4.69, 9.17) is 25.4 Å². The van der Waals surface area contributed by atoms with Gasteiger partial charge in [0.15, 0.2) is 23.0 Å². The van der Waals surface area contributed by atoms with Gasteiger partial charge in [0, 0.05) is 18.7 Å². The predicted octanol–water partition coefficient (Wildman–Crippen LogP) is 2.13. The van der Waals surface area contributed by atoms with Crippen molar-refractivity contribution in [2.75, 3.05) is 33.4 Å². The average Bonchev–Trinajstić information content (AvgIpc) is 3.61. The summed E-state index contributed by atoms with van der Waals surface area (Å²) in [6, 6.07) is 2.38. The number of hydrogen-bond acceptors (Lipinski definition) is 9. The number of halogens is 2. The van der Waals surface area contributed by atoms with E-state index < -0.39 is 36.6 Å². The van der Waals surface area contributed by atoms with Crippen LogP contribution in [0.2, 0.25) is 0 Å². The Bertz CT molecular complexity index is 1200. The van der Waals surface area contributed by atoms with Crippen molar-refractivity contribution in [3.05, 3.63) is 29.7 Å². The Kier molecular flexibility index (Phi) is 7.99. The Morgan fingerprint density at radius 1 is 1.21 bits per heavy atom. The van der Waals surface area contributed by atoms with E-state index >= 15 is 0 Å². The molecule has 1 aromatic carbocycles. The Hall–Kier alpha value is -3.94. The maximum Gasteiger partial charge on any atom is 0.410 e. The molecule has 1 aromatic heterocycles. The van der Waals surface area contributed by atoms with Crippen molar-refractivity contribution in [2.45, 2.75) is 38.5 Å². The molecule has 206 valence electrons. The molecule has 4 rings (SSSR count). The molecule has 2 aliphatic rings. The van der Waals surface area contributed by atoms with Crippen LogP contribution in [0.1, 0.15) is 42.1 Å². The van der Waals surface area contributed by atoms with E-state index in [0.717, 1.165) is 17.7 Å². The van der Waals surface area contributed by atoms with E-state index in [1.807, 2.05) is 0 Å². The topological polar surface area (TPSA) is 163 Å². The zero-order valence-electron chi connectivity index (χ0n) is 20.9. The van der Waals surface area contributed by atoms with Gasteiger partial charge in [0.2, 0.25) is 11.8 Å². The summed E-state index contributed by atoms with van der Waals surface area (Å²) in [5, 5.41) is 0. The Balaban J connectivity index is 1.62. The van der Waals surface area contributed by atoms with Gasteiger partial charge in [0.05, 0.1) is 26.3 Å². The van der Waals surface area contributed by atoms with E-state index in [1.165, 1.54) is 30.2 Å². The van der Waals surface area contributed by atoms with Crippen molar-refractivity contribution in [2.24, 2.45) is 17.4 Å². The van der Waals surface area contributed by atoms with Gasteiger partial charge >= 0.3 is 12.7 Å². The number of piperazine rings is 1. The van der Waals surface area contributed by atoms with E-state index in [0.29, 0.717) is 18.1 Å². The molecule has 1 unspecified atom stereocenters. The van der Waals surface area contributed by atoms with Gasteiger partial charge in [0.1, 0.15) is 6.04 Å². The molecule has 1 saturated carbocycles. The molecule has 38 heavy (non-hydrogen) atoms. The average molecular weight is 538 g/mol. The van der Waals surface area contributed by atoms with Crippen molar-refractivity contribution in [1.29, 1.82) is 0 Å². The minimum Gasteiger partial charge on any atom is -0.489 e. The summed E-state index contributed by atoms with van der Waals surface area (Å²) in [5.41, 5.74) is 11.8. The second kappa shape index (κ2) is 11.2. The number of ether oxygens (including phenoxy) is 3. The molecular formula is C24H29F2N5O7. The number of methoxy groups -OCH3 is 1. The highest BCUT2D eigenvalue weighted by molar-refractivity contribution is 5.95. The number of nitrogens with two attached hydrogens (primary N) is 2. The number of nitrogens with zero attached hydrogens (tertiary/aromatic N) is 3. The fraction of sp³-hybridized carbons (Fsp3) is 0.500. The van der Waals surface area contributed by atoms with Gasteiger partial charge in [-0.05, 0) is 43.9 Å². The van der Waals surface area contributed by atoms with E-state index in [1.54, 1.807) is 6.92 Å². The Labute approximate surface area is 216 Å². The number of alkyl halides is 2. The molecule has 12 nitrogen and oxygen atoms in total. The smallest absolute Gasteiger partial charge is 0.410 e. The molecule has 0 radical (unpaired) electrons. The van der Waals surface area contributed by atoms with Crippen molar-refractivity contribution >= 4 is 17.9 Å². The predicted molar refractivity (Wildman–Crippen MR) is 127 cm³/mol. The van der Waals surface area contributed by atoms with Gasteiger partial charge in [-0.1, -0.05) is 0 Å². The number of benzene rings is 1. The van der Waals surface area contributed by atoms with Crippen LogP contribution >= 0.6 is 0 Å². The molecule has 2 aromatic rings. The second-order valence-electron chi connectivity index (χ2n) is 9.15. The van der Waals surface area contributed by atoms with Gasteiger partial charge in [-0.15, -0.1) is 0 Å². The molecule has 0 spiro atoms. The molecule has 2 atom stereocenters. The third-order valence-electron chi connectivity index (χ3n) is 6.25. The first-order chi connectivity index (χ1) is 18.1. The number of carbonyl (C=O) groups is 3. The zero-order valence-corrected chi connectivity index (χ0v) is 20.9. The van der Waals surface area contributed by atoms with Crippen LogP contribution in [0.25, 0.3) is 11.5 Å². The standard InChI is InChI=1S/C24H29F2N5O7/c1-12(27)19-18(22(33)30-7-8-31(24(34)35-2)15(10-30)20(28)32)29-21(38-19)14-5-6-16(37-23(25)26)17(9-14)36-11-13-3-4-13/h5-6,9,12-13,15,23H,3-4,7-8,10-11,27H2,1-2H3,(H2,28,32)/t12-,15?/m0/s1. The second-order valence-corrected chi connectivity index (χ2v) is 9.15. The summed E-state index contributed by atoms with van der Waals surface area (Å²) < 4.78 is 46.6. The minimum atomic E-state index is -3.04. The third-order valence-corrected chi connectivity index (χ3v) is 6.25. The van der Waals surface area contributed by atoms with E-state index in [2.05, 4.69) is 9.72 Å². The number of oxazole rings is 1. The molecule has 1 saturated heterocycles. The molecule has 1 aliphatic carbocycles. The zero-order chi connectivity index (χ0) is 27.6. The molecule has 1 aliphatic heterocycles. The van der Waals surface area contributed by atoms with Gasteiger partial charge < -0.3 is 35.0 Å². The van der Waals surface area contributed by atoms with Crippen LogP contribution in [-0.4, -0.2) is 78.7 Å². The first-order valence-corrected chi connectivity index (χ1v) is 12.0. The number of rotatable bonds is 9. The van der Waals surface area contributed by atoms with Crippen LogP contribution in [0.5, 0.6) is 11.5 Å². The van der Waals surface area contributed by atoms with Crippen LogP contribution in [0.4, 0.5) is 13.6 Å². The first kappa shape index (κ1) is 27.1. The maximum atomic E-state index is 13.4. The first-order valence-electron chi connectivity index (χ1n) is 12.0. The molecule has 14 heteroatoms. The number of aromatic nitrogens is 1. The van der Waals surface area contributed by atoms with Crippen LogP contribution < -0.4 is 20.9 Å². The quantitative estimate of drug-likeness (QED) is 0.488. The Morgan fingerprint density at radius 3 is 2.55 bits per heavy atom. The van der Waals surface area contributed by atoms with Crippen molar-refractivity contribution in [3.63, 3.8) is 0 Å². The monoisotopic (exact) mass is 537 g/mol. The normalized spacial score (nSPS) is 18.3.